The van der Waals surface area contributed by atoms with Crippen LogP contribution in [0.1, 0.15) is 34.5 Å². The van der Waals surface area contributed by atoms with Gasteiger partial charge in [-0.15, -0.1) is 0 Å². The van der Waals surface area contributed by atoms with E-state index >= 15 is 0 Å². The van der Waals surface area contributed by atoms with Crippen LogP contribution < -0.4 is 15.0 Å². The summed E-state index contributed by atoms with van der Waals surface area (Å²) in [4.78, 5) is 17.5. The van der Waals surface area contributed by atoms with Crippen LogP contribution in [-0.2, 0) is 6.54 Å². The van der Waals surface area contributed by atoms with Crippen LogP contribution in [0.15, 0.2) is 72.8 Å². The minimum atomic E-state index is -0.0499. The van der Waals surface area contributed by atoms with E-state index in [1.807, 2.05) is 73.7 Å². The molecule has 0 unspecified atom stereocenters. The van der Waals surface area contributed by atoms with E-state index in [2.05, 4.69) is 21.2 Å². The van der Waals surface area contributed by atoms with Gasteiger partial charge in [-0.25, -0.2) is 0 Å². The lowest BCUT2D eigenvalue weighted by atomic mass is 10.1. The smallest absolute Gasteiger partial charge is 0.251 e. The third-order valence-electron chi connectivity index (χ3n) is 6.10. The molecule has 33 heavy (non-hydrogen) atoms. The molecule has 1 aliphatic heterocycles. The van der Waals surface area contributed by atoms with Gasteiger partial charge in [0.2, 0.25) is 0 Å². The van der Waals surface area contributed by atoms with E-state index in [4.69, 9.17) is 16.3 Å². The third kappa shape index (κ3) is 5.86. The van der Waals surface area contributed by atoms with Gasteiger partial charge >= 0.3 is 0 Å². The number of rotatable bonds is 7. The maximum absolute atomic E-state index is 12.8. The molecule has 1 saturated heterocycles. The fourth-order valence-electron chi connectivity index (χ4n) is 4.23. The van der Waals surface area contributed by atoms with Crippen molar-refractivity contribution in [1.82, 2.24) is 10.2 Å². The summed E-state index contributed by atoms with van der Waals surface area (Å²) < 4.78 is 5.52. The van der Waals surface area contributed by atoms with Crippen molar-refractivity contribution in [2.75, 3.05) is 38.2 Å². The van der Waals surface area contributed by atoms with Gasteiger partial charge in [-0.3, -0.25) is 9.69 Å². The summed E-state index contributed by atoms with van der Waals surface area (Å²) in [5.41, 5.74) is 3.97. The molecule has 5 nitrogen and oxygen atoms in total. The fourth-order valence-corrected chi connectivity index (χ4v) is 4.40. The molecule has 0 aliphatic carbocycles. The van der Waals surface area contributed by atoms with Gasteiger partial charge in [0.25, 0.3) is 5.91 Å². The average molecular weight is 464 g/mol. The zero-order chi connectivity index (χ0) is 23.2. The molecule has 0 saturated carbocycles. The summed E-state index contributed by atoms with van der Waals surface area (Å²) in [6.45, 7) is 6.46. The Kier molecular flexibility index (Phi) is 7.53. The molecule has 3 aromatic rings. The second-order valence-electron chi connectivity index (χ2n) is 8.39. The lowest BCUT2D eigenvalue weighted by Crippen LogP contribution is -2.46. The Hall–Kier alpha value is -3.02. The largest absolute Gasteiger partial charge is 0.495 e. The molecule has 0 radical (unpaired) electrons. The number of hydrogen-bond donors (Lipinski definition) is 1. The number of nitrogens with one attached hydrogen (secondary N) is 1. The molecular formula is C27H30ClN3O2. The summed E-state index contributed by atoms with van der Waals surface area (Å²) in [6, 6.07) is 23.6. The highest BCUT2D eigenvalue weighted by Crippen LogP contribution is 2.32. The van der Waals surface area contributed by atoms with Crippen LogP contribution in [0.3, 0.4) is 0 Å². The Bertz CT molecular complexity index is 1080. The van der Waals surface area contributed by atoms with E-state index in [1.165, 1.54) is 0 Å². The van der Waals surface area contributed by atoms with Crippen LogP contribution in [0.2, 0.25) is 5.02 Å². The van der Waals surface area contributed by atoms with E-state index in [0.29, 0.717) is 10.6 Å². The summed E-state index contributed by atoms with van der Waals surface area (Å²) in [6.07, 6.45) is 0. The van der Waals surface area contributed by atoms with Gasteiger partial charge in [0, 0.05) is 43.3 Å². The minimum absolute atomic E-state index is 0.0427. The van der Waals surface area contributed by atoms with Gasteiger partial charge in [-0.05, 0) is 48.4 Å². The molecule has 1 atom stereocenters. The van der Waals surface area contributed by atoms with Crippen molar-refractivity contribution in [3.63, 3.8) is 0 Å². The normalized spacial score (nSPS) is 15.2. The Morgan fingerprint density at radius 2 is 1.76 bits per heavy atom. The first kappa shape index (κ1) is 23.1. The first-order valence-electron chi connectivity index (χ1n) is 11.3. The van der Waals surface area contributed by atoms with E-state index in [-0.39, 0.29) is 11.9 Å². The van der Waals surface area contributed by atoms with Crippen LogP contribution in [-0.4, -0.2) is 44.1 Å². The standard InChI is InChI=1S/C27H30ClN3O2/c1-20(22-8-4-3-5-9-22)29-27(32)23-10-6-7-21(17-23)19-30-13-15-31(16-14-30)25-18-24(28)11-12-26(25)33-2/h3-12,17-18,20H,13-16,19H2,1-2H3,(H,29,32)/t20-/m1/s1. The number of ether oxygens (including phenoxy) is 1. The predicted octanol–water partition coefficient (Wildman–Crippen LogP) is 5.16. The van der Waals surface area contributed by atoms with Crippen molar-refractivity contribution >= 4 is 23.2 Å². The fraction of sp³-hybridized carbons (Fsp3) is 0.296. The van der Waals surface area contributed by atoms with Gasteiger partial charge in [-0.1, -0.05) is 54.1 Å². The Morgan fingerprint density at radius 3 is 2.48 bits per heavy atom. The lowest BCUT2D eigenvalue weighted by Gasteiger charge is -2.36. The van der Waals surface area contributed by atoms with E-state index < -0.39 is 0 Å². The molecule has 1 amide bonds. The van der Waals surface area contributed by atoms with Crippen LogP contribution in [0.25, 0.3) is 0 Å². The number of anilines is 1. The maximum atomic E-state index is 12.8. The van der Waals surface area contributed by atoms with Gasteiger partial charge in [-0.2, -0.15) is 0 Å². The summed E-state index contributed by atoms with van der Waals surface area (Å²) in [5.74, 6) is 0.794. The number of halogens is 1. The molecule has 1 N–H and O–H groups in total. The van der Waals surface area contributed by atoms with Crippen molar-refractivity contribution < 1.29 is 9.53 Å². The average Bonchev–Trinajstić information content (AvgIpc) is 2.85. The van der Waals surface area contributed by atoms with Crippen LogP contribution >= 0.6 is 11.6 Å². The number of benzene rings is 3. The number of hydrogen-bond acceptors (Lipinski definition) is 4. The molecule has 0 spiro atoms. The zero-order valence-electron chi connectivity index (χ0n) is 19.1. The van der Waals surface area contributed by atoms with Crippen molar-refractivity contribution in [3.8, 4) is 5.75 Å². The molecule has 3 aromatic carbocycles. The minimum Gasteiger partial charge on any atom is -0.495 e. The number of methoxy groups -OCH3 is 1. The number of piperazine rings is 1. The topological polar surface area (TPSA) is 44.8 Å². The summed E-state index contributed by atoms with van der Waals surface area (Å²) >= 11 is 6.21. The van der Waals surface area contributed by atoms with Gasteiger partial charge < -0.3 is 15.0 Å². The number of nitrogens with zero attached hydrogens (tertiary/aromatic N) is 2. The highest BCUT2D eigenvalue weighted by atomic mass is 35.5. The van der Waals surface area contributed by atoms with E-state index in [9.17, 15) is 4.79 Å². The third-order valence-corrected chi connectivity index (χ3v) is 6.33. The molecule has 0 bridgehead atoms. The van der Waals surface area contributed by atoms with Gasteiger partial charge in [0.15, 0.2) is 0 Å². The Labute approximate surface area is 200 Å². The van der Waals surface area contributed by atoms with Crippen LogP contribution in [0.4, 0.5) is 5.69 Å². The van der Waals surface area contributed by atoms with E-state index in [1.54, 1.807) is 7.11 Å². The SMILES string of the molecule is COc1ccc(Cl)cc1N1CCN(Cc2cccc(C(=O)N[C@H](C)c3ccccc3)c2)CC1. The van der Waals surface area contributed by atoms with Crippen molar-refractivity contribution in [1.29, 1.82) is 0 Å². The summed E-state index contributed by atoms with van der Waals surface area (Å²) in [7, 11) is 1.69. The lowest BCUT2D eigenvalue weighted by molar-refractivity contribution is 0.0939. The van der Waals surface area contributed by atoms with E-state index in [0.717, 1.165) is 55.3 Å². The number of carbonyl (C=O) groups is 1. The van der Waals surface area contributed by atoms with Crippen LogP contribution in [0.5, 0.6) is 5.75 Å². The van der Waals surface area contributed by atoms with Crippen molar-refractivity contribution in [3.05, 3.63) is 94.5 Å². The van der Waals surface area contributed by atoms with Crippen molar-refractivity contribution in [2.24, 2.45) is 0 Å². The van der Waals surface area contributed by atoms with Crippen molar-refractivity contribution in [2.45, 2.75) is 19.5 Å². The molecule has 1 fully saturated rings. The molecule has 4 rings (SSSR count). The molecule has 172 valence electrons. The zero-order valence-corrected chi connectivity index (χ0v) is 19.9. The van der Waals surface area contributed by atoms with Gasteiger partial charge in [0.1, 0.15) is 5.75 Å². The number of carbonyl (C=O) groups excluding carboxylic acids is 1. The quantitative estimate of drug-likeness (QED) is 0.525. The highest BCUT2D eigenvalue weighted by molar-refractivity contribution is 6.30. The second kappa shape index (κ2) is 10.7. The first-order chi connectivity index (χ1) is 16.0. The Balaban J connectivity index is 1.35. The second-order valence-corrected chi connectivity index (χ2v) is 8.82. The first-order valence-corrected chi connectivity index (χ1v) is 11.7. The number of amides is 1. The Morgan fingerprint density at radius 1 is 1.00 bits per heavy atom. The predicted molar refractivity (Wildman–Crippen MR) is 134 cm³/mol. The van der Waals surface area contributed by atoms with Gasteiger partial charge in [0.05, 0.1) is 18.8 Å². The molecule has 0 aromatic heterocycles. The summed E-state index contributed by atoms with van der Waals surface area (Å²) in [5, 5.41) is 3.81. The monoisotopic (exact) mass is 463 g/mol. The molecule has 6 heteroatoms. The molecule has 1 aliphatic rings. The maximum Gasteiger partial charge on any atom is 0.251 e. The van der Waals surface area contributed by atoms with Crippen LogP contribution in [0, 0.1) is 0 Å². The molecular weight excluding hydrogens is 434 g/mol. The highest BCUT2D eigenvalue weighted by Gasteiger charge is 2.20. The molecule has 1 heterocycles.